The lowest BCUT2D eigenvalue weighted by Crippen LogP contribution is -2.68. The third-order valence-corrected chi connectivity index (χ3v) is 7.82. The molecule has 0 saturated carbocycles. The molecule has 1 spiro atoms. The molecule has 3 fully saturated rings. The minimum atomic E-state index is -2.95. The number of carboxylic acids is 1. The summed E-state index contributed by atoms with van der Waals surface area (Å²) >= 11 is 6.32. The predicted octanol–water partition coefficient (Wildman–Crippen LogP) is 3.83. The van der Waals surface area contributed by atoms with Crippen molar-refractivity contribution in [2.75, 3.05) is 42.7 Å². The topological polar surface area (TPSA) is 123 Å². The second-order valence-corrected chi connectivity index (χ2v) is 10.5. The molecule has 3 aliphatic rings. The Labute approximate surface area is 232 Å². The second kappa shape index (κ2) is 10.5. The van der Waals surface area contributed by atoms with Crippen LogP contribution in [0.4, 0.5) is 20.3 Å². The molecule has 3 aliphatic heterocycles. The molecule has 6 heterocycles. The monoisotopic (exact) mass is 577 g/mol. The number of nitrogens with zero attached hydrogens (tertiary/aromatic N) is 5. The average molecular weight is 578 g/mol. The van der Waals surface area contributed by atoms with Gasteiger partial charge in [0, 0.05) is 30.8 Å². The minimum absolute atomic E-state index is 0.0537. The van der Waals surface area contributed by atoms with Crippen molar-refractivity contribution in [1.82, 2.24) is 15.0 Å². The van der Waals surface area contributed by atoms with Gasteiger partial charge < -0.3 is 33.5 Å². The lowest BCUT2D eigenvalue weighted by molar-refractivity contribution is -0.228. The highest BCUT2D eigenvalue weighted by Crippen LogP contribution is 2.40. The number of aromatic nitrogens is 3. The fourth-order valence-corrected chi connectivity index (χ4v) is 5.55. The molecule has 6 rings (SSSR count). The molecule has 1 N–H and O–H groups in total. The Balaban J connectivity index is 1.29. The quantitative estimate of drug-likeness (QED) is 0.441. The van der Waals surface area contributed by atoms with E-state index in [-0.39, 0.29) is 30.5 Å². The lowest BCUT2D eigenvalue weighted by Gasteiger charge is -2.53. The molecule has 3 aromatic rings. The Bertz CT molecular complexity index is 1390. The van der Waals surface area contributed by atoms with E-state index < -0.39 is 36.0 Å². The summed E-state index contributed by atoms with van der Waals surface area (Å²) in [5.41, 5.74) is 0.885. The van der Waals surface area contributed by atoms with Crippen LogP contribution in [0.5, 0.6) is 5.88 Å². The fraction of sp³-hybridized carbons (Fsp3) is 0.462. The van der Waals surface area contributed by atoms with Crippen molar-refractivity contribution < 1.29 is 37.3 Å². The summed E-state index contributed by atoms with van der Waals surface area (Å²) in [6.07, 6.45) is 0.713. The van der Waals surface area contributed by atoms with Crippen LogP contribution in [0.2, 0.25) is 5.02 Å². The van der Waals surface area contributed by atoms with Crippen molar-refractivity contribution in [3.8, 4) is 17.1 Å². The van der Waals surface area contributed by atoms with E-state index in [1.807, 2.05) is 6.92 Å². The molecule has 3 atom stereocenters. The first-order chi connectivity index (χ1) is 19.2. The summed E-state index contributed by atoms with van der Waals surface area (Å²) in [6.45, 7) is 4.13. The average Bonchev–Trinajstić information content (AvgIpc) is 3.60. The standard InChI is InChI=1S/C26H26ClF2N5O6/c1-14-26(12-38-13-26)39-5-3-33(14)19-6-16(27)9-30-24(19)40-17-7-20(25(35)36)34(10-17)21-8-18(15-2-4-37-11-15)31-23(32-21)22(28)29/h2,4,6,8-9,11,14,17,20,22H,3,5,7,10,12-13H2,1H3,(H,35,36)/t14-,17-,20-/m0/s1. The Hall–Kier alpha value is -3.55. The van der Waals surface area contributed by atoms with E-state index in [0.29, 0.717) is 48.5 Å². The van der Waals surface area contributed by atoms with Crippen LogP contribution in [-0.2, 0) is 14.3 Å². The molecule has 212 valence electrons. The number of ether oxygens (including phenoxy) is 3. The largest absolute Gasteiger partial charge is 0.480 e. The van der Waals surface area contributed by atoms with Crippen LogP contribution in [0.25, 0.3) is 11.3 Å². The van der Waals surface area contributed by atoms with Crippen LogP contribution >= 0.6 is 11.6 Å². The number of morpholine rings is 1. The molecule has 0 aromatic carbocycles. The molecule has 3 saturated heterocycles. The maximum absolute atomic E-state index is 13.7. The van der Waals surface area contributed by atoms with E-state index >= 15 is 0 Å². The highest BCUT2D eigenvalue weighted by Gasteiger charge is 2.50. The molecular formula is C26H26ClF2N5O6. The normalized spacial score (nSPS) is 24.0. The third kappa shape index (κ3) is 4.82. The van der Waals surface area contributed by atoms with E-state index in [9.17, 15) is 18.7 Å². The summed E-state index contributed by atoms with van der Waals surface area (Å²) in [5.74, 6) is -1.50. The molecule has 0 unspecified atom stereocenters. The van der Waals surface area contributed by atoms with Crippen LogP contribution in [0.15, 0.2) is 41.3 Å². The summed E-state index contributed by atoms with van der Waals surface area (Å²) in [6, 6.07) is 3.68. The molecule has 0 aliphatic carbocycles. The first-order valence-electron chi connectivity index (χ1n) is 12.7. The Morgan fingerprint density at radius 2 is 2.10 bits per heavy atom. The number of aliphatic carboxylic acids is 1. The van der Waals surface area contributed by atoms with Gasteiger partial charge in [0.2, 0.25) is 5.88 Å². The van der Waals surface area contributed by atoms with Crippen LogP contribution in [0.1, 0.15) is 25.6 Å². The highest BCUT2D eigenvalue weighted by atomic mass is 35.5. The number of rotatable bonds is 7. The zero-order valence-electron chi connectivity index (χ0n) is 21.4. The molecule has 0 bridgehead atoms. The van der Waals surface area contributed by atoms with Crippen LogP contribution in [-0.4, -0.2) is 82.7 Å². The van der Waals surface area contributed by atoms with Crippen molar-refractivity contribution in [2.45, 2.75) is 43.6 Å². The van der Waals surface area contributed by atoms with Gasteiger partial charge in [0.05, 0.1) is 55.7 Å². The summed E-state index contributed by atoms with van der Waals surface area (Å²) in [4.78, 5) is 28.2. The first kappa shape index (κ1) is 26.7. The Morgan fingerprint density at radius 1 is 1.27 bits per heavy atom. The number of hydrogen-bond acceptors (Lipinski definition) is 10. The summed E-state index contributed by atoms with van der Waals surface area (Å²) in [5, 5.41) is 10.4. The molecule has 14 heteroatoms. The number of furan rings is 1. The zero-order valence-corrected chi connectivity index (χ0v) is 22.1. The smallest absolute Gasteiger partial charge is 0.326 e. The van der Waals surface area contributed by atoms with Crippen LogP contribution < -0.4 is 14.5 Å². The maximum Gasteiger partial charge on any atom is 0.326 e. The van der Waals surface area contributed by atoms with Gasteiger partial charge in [0.25, 0.3) is 6.43 Å². The number of pyridine rings is 1. The van der Waals surface area contributed by atoms with E-state index in [4.69, 9.17) is 30.2 Å². The number of alkyl halides is 2. The molecule has 0 radical (unpaired) electrons. The van der Waals surface area contributed by atoms with Gasteiger partial charge in [0.15, 0.2) is 5.82 Å². The Kier molecular flexibility index (Phi) is 6.97. The Morgan fingerprint density at radius 3 is 2.77 bits per heavy atom. The number of carbonyl (C=O) groups is 1. The minimum Gasteiger partial charge on any atom is -0.480 e. The van der Waals surface area contributed by atoms with Crippen molar-refractivity contribution in [3.05, 3.63) is 47.8 Å². The van der Waals surface area contributed by atoms with Gasteiger partial charge in [-0.1, -0.05) is 11.6 Å². The van der Waals surface area contributed by atoms with Gasteiger partial charge >= 0.3 is 5.97 Å². The second-order valence-electron chi connectivity index (χ2n) is 10.0. The van der Waals surface area contributed by atoms with E-state index in [2.05, 4.69) is 19.9 Å². The van der Waals surface area contributed by atoms with Gasteiger partial charge in [-0.25, -0.2) is 28.5 Å². The zero-order chi connectivity index (χ0) is 28.0. The van der Waals surface area contributed by atoms with Crippen molar-refractivity contribution in [2.24, 2.45) is 0 Å². The molecule has 0 amide bonds. The van der Waals surface area contributed by atoms with E-state index in [1.165, 1.54) is 29.7 Å². The molecule has 40 heavy (non-hydrogen) atoms. The van der Waals surface area contributed by atoms with Crippen LogP contribution in [0.3, 0.4) is 0 Å². The first-order valence-corrected chi connectivity index (χ1v) is 13.1. The highest BCUT2D eigenvalue weighted by molar-refractivity contribution is 6.30. The lowest BCUT2D eigenvalue weighted by atomic mass is 9.90. The number of halogens is 3. The van der Waals surface area contributed by atoms with Gasteiger partial charge in [0.1, 0.15) is 29.3 Å². The maximum atomic E-state index is 13.7. The van der Waals surface area contributed by atoms with E-state index in [1.54, 1.807) is 12.1 Å². The van der Waals surface area contributed by atoms with Crippen LogP contribution in [0, 0.1) is 0 Å². The van der Waals surface area contributed by atoms with Crippen molar-refractivity contribution >= 4 is 29.1 Å². The van der Waals surface area contributed by atoms with Gasteiger partial charge in [-0.15, -0.1) is 0 Å². The van der Waals surface area contributed by atoms with Crippen molar-refractivity contribution in [1.29, 1.82) is 0 Å². The van der Waals surface area contributed by atoms with E-state index in [0.717, 1.165) is 0 Å². The third-order valence-electron chi connectivity index (χ3n) is 7.61. The number of hydrogen-bond donors (Lipinski definition) is 1. The van der Waals surface area contributed by atoms with Gasteiger partial charge in [-0.05, 0) is 19.1 Å². The van der Waals surface area contributed by atoms with Gasteiger partial charge in [-0.2, -0.15) is 0 Å². The number of carboxylic acid groups (broad SMARTS) is 1. The summed E-state index contributed by atoms with van der Waals surface area (Å²) < 4.78 is 50.2. The van der Waals surface area contributed by atoms with Crippen molar-refractivity contribution in [3.63, 3.8) is 0 Å². The fourth-order valence-electron chi connectivity index (χ4n) is 5.40. The van der Waals surface area contributed by atoms with Gasteiger partial charge in [-0.3, -0.25) is 0 Å². The molecular weight excluding hydrogens is 552 g/mol. The SMILES string of the molecule is C[C@@H]1N(c2cc(Cl)cnc2O[C@H]2C[C@@H](C(=O)O)N(c3cc(-c4ccoc4)nc(C(F)F)n3)C2)CCOC12COC2. The number of anilines is 2. The molecule has 11 nitrogen and oxygen atoms in total. The summed E-state index contributed by atoms with van der Waals surface area (Å²) in [7, 11) is 0. The molecule has 3 aromatic heterocycles. The predicted molar refractivity (Wildman–Crippen MR) is 138 cm³/mol.